The minimum Gasteiger partial charge on any atom is -0.508 e. The molecule has 1 aromatic carbocycles. The summed E-state index contributed by atoms with van der Waals surface area (Å²) >= 11 is 0. The van der Waals surface area contributed by atoms with E-state index in [-0.39, 0.29) is 29.7 Å². The van der Waals surface area contributed by atoms with Gasteiger partial charge in [0.25, 0.3) is 0 Å². The lowest BCUT2D eigenvalue weighted by Crippen LogP contribution is -2.42. The number of nitrogens with one attached hydrogen (secondary N) is 1. The van der Waals surface area contributed by atoms with Gasteiger partial charge >= 0.3 is 5.97 Å². The third-order valence-electron chi connectivity index (χ3n) is 2.95. The Morgan fingerprint density at radius 3 is 2.39 bits per heavy atom. The minimum absolute atomic E-state index is 0.116. The fraction of sp³-hybridized carbons (Fsp3) is 0.500. The van der Waals surface area contributed by atoms with Crippen LogP contribution in [0.15, 0.2) is 24.3 Å². The Morgan fingerprint density at radius 1 is 1.28 bits per heavy atom. The minimum atomic E-state index is -0.385. The third kappa shape index (κ3) is 3.47. The maximum atomic E-state index is 11.7. The standard InChI is InChI=1S/C14H21NO3/c1-9(2)13(14(17)18-4)15-10(3)11-7-5-6-8-12(11)16/h5-10,13,15-16H,1-4H3/t10?,13-/m0/s1. The molecule has 0 aliphatic heterocycles. The summed E-state index contributed by atoms with van der Waals surface area (Å²) < 4.78 is 4.78. The molecular weight excluding hydrogens is 230 g/mol. The number of phenols is 1. The second-order valence-electron chi connectivity index (χ2n) is 4.69. The molecule has 0 fully saturated rings. The summed E-state index contributed by atoms with van der Waals surface area (Å²) in [6.45, 7) is 5.81. The number of benzene rings is 1. The van der Waals surface area contributed by atoms with Gasteiger partial charge in [0.05, 0.1) is 7.11 Å². The molecule has 0 saturated carbocycles. The van der Waals surface area contributed by atoms with E-state index in [9.17, 15) is 9.90 Å². The molecule has 1 aromatic rings. The van der Waals surface area contributed by atoms with Crippen LogP contribution in [0.25, 0.3) is 0 Å². The number of methoxy groups -OCH3 is 1. The molecule has 0 amide bonds. The summed E-state index contributed by atoms with van der Waals surface area (Å²) in [5.41, 5.74) is 0.770. The van der Waals surface area contributed by atoms with Gasteiger partial charge in [-0.1, -0.05) is 32.0 Å². The van der Waals surface area contributed by atoms with Crippen LogP contribution in [-0.2, 0) is 9.53 Å². The Hall–Kier alpha value is -1.55. The molecule has 4 nitrogen and oxygen atoms in total. The van der Waals surface area contributed by atoms with Crippen molar-refractivity contribution in [2.45, 2.75) is 32.9 Å². The summed E-state index contributed by atoms with van der Waals surface area (Å²) in [5, 5.41) is 13.0. The Kier molecular flexibility index (Phi) is 5.16. The first kappa shape index (κ1) is 14.5. The van der Waals surface area contributed by atoms with Crippen molar-refractivity contribution < 1.29 is 14.6 Å². The zero-order valence-electron chi connectivity index (χ0n) is 11.3. The van der Waals surface area contributed by atoms with Gasteiger partial charge in [-0.2, -0.15) is 0 Å². The zero-order valence-corrected chi connectivity index (χ0v) is 11.3. The third-order valence-corrected chi connectivity index (χ3v) is 2.95. The van der Waals surface area contributed by atoms with E-state index in [1.165, 1.54) is 7.11 Å². The number of hydrogen-bond acceptors (Lipinski definition) is 4. The number of carbonyl (C=O) groups excluding carboxylic acids is 1. The summed E-state index contributed by atoms with van der Waals surface area (Å²) in [6, 6.07) is 6.58. The lowest BCUT2D eigenvalue weighted by molar-refractivity contribution is -0.144. The molecule has 0 aromatic heterocycles. The van der Waals surface area contributed by atoms with Crippen molar-refractivity contribution in [1.29, 1.82) is 0 Å². The van der Waals surface area contributed by atoms with Crippen molar-refractivity contribution in [2.75, 3.05) is 7.11 Å². The van der Waals surface area contributed by atoms with E-state index < -0.39 is 0 Å². The molecule has 0 heterocycles. The Balaban J connectivity index is 2.82. The van der Waals surface area contributed by atoms with Crippen LogP contribution in [0.4, 0.5) is 0 Å². The summed E-state index contributed by atoms with van der Waals surface area (Å²) in [4.78, 5) is 11.7. The van der Waals surface area contributed by atoms with Gasteiger partial charge in [-0.15, -0.1) is 0 Å². The van der Waals surface area contributed by atoms with E-state index in [0.29, 0.717) is 0 Å². The number of rotatable bonds is 5. The average Bonchev–Trinajstić information content (AvgIpc) is 2.35. The molecule has 0 aliphatic carbocycles. The van der Waals surface area contributed by atoms with E-state index in [1.807, 2.05) is 32.9 Å². The second kappa shape index (κ2) is 6.40. The van der Waals surface area contributed by atoms with Gasteiger partial charge in [-0.25, -0.2) is 0 Å². The molecule has 18 heavy (non-hydrogen) atoms. The van der Waals surface area contributed by atoms with Crippen molar-refractivity contribution >= 4 is 5.97 Å². The highest BCUT2D eigenvalue weighted by molar-refractivity contribution is 5.76. The van der Waals surface area contributed by atoms with Crippen LogP contribution >= 0.6 is 0 Å². The van der Waals surface area contributed by atoms with E-state index in [0.717, 1.165) is 5.56 Å². The molecule has 100 valence electrons. The average molecular weight is 251 g/mol. The molecule has 2 atom stereocenters. The van der Waals surface area contributed by atoms with Crippen LogP contribution in [0.5, 0.6) is 5.75 Å². The van der Waals surface area contributed by atoms with E-state index >= 15 is 0 Å². The first-order valence-electron chi connectivity index (χ1n) is 6.09. The van der Waals surface area contributed by atoms with Crippen molar-refractivity contribution in [3.8, 4) is 5.75 Å². The lowest BCUT2D eigenvalue weighted by atomic mass is 10.0. The fourth-order valence-corrected chi connectivity index (χ4v) is 1.87. The van der Waals surface area contributed by atoms with Crippen LogP contribution < -0.4 is 5.32 Å². The Bertz CT molecular complexity index is 404. The number of aromatic hydroxyl groups is 1. The molecule has 0 radical (unpaired) electrons. The normalized spacial score (nSPS) is 14.3. The van der Waals surface area contributed by atoms with Crippen molar-refractivity contribution in [1.82, 2.24) is 5.32 Å². The molecule has 0 bridgehead atoms. The molecule has 2 N–H and O–H groups in total. The van der Waals surface area contributed by atoms with Crippen LogP contribution in [0, 0.1) is 5.92 Å². The van der Waals surface area contributed by atoms with Gasteiger partial charge in [0, 0.05) is 11.6 Å². The Labute approximate surface area is 108 Å². The van der Waals surface area contributed by atoms with Crippen LogP contribution in [0.2, 0.25) is 0 Å². The molecular formula is C14H21NO3. The predicted octanol–water partition coefficient (Wildman–Crippen LogP) is 2.24. The monoisotopic (exact) mass is 251 g/mol. The number of esters is 1. The SMILES string of the molecule is COC(=O)[C@@H](NC(C)c1ccccc1O)C(C)C. The number of para-hydroxylation sites is 1. The zero-order chi connectivity index (χ0) is 13.7. The lowest BCUT2D eigenvalue weighted by Gasteiger charge is -2.24. The number of ether oxygens (including phenoxy) is 1. The molecule has 4 heteroatoms. The van der Waals surface area contributed by atoms with Gasteiger partial charge in [-0.05, 0) is 18.9 Å². The predicted molar refractivity (Wildman–Crippen MR) is 70.3 cm³/mol. The van der Waals surface area contributed by atoms with Gasteiger partial charge in [0.15, 0.2) is 0 Å². The van der Waals surface area contributed by atoms with Crippen LogP contribution in [0.1, 0.15) is 32.4 Å². The van der Waals surface area contributed by atoms with Crippen LogP contribution in [0.3, 0.4) is 0 Å². The highest BCUT2D eigenvalue weighted by atomic mass is 16.5. The Morgan fingerprint density at radius 2 is 1.89 bits per heavy atom. The first-order chi connectivity index (χ1) is 8.47. The molecule has 0 spiro atoms. The van der Waals surface area contributed by atoms with Crippen molar-refractivity contribution in [2.24, 2.45) is 5.92 Å². The topological polar surface area (TPSA) is 58.6 Å². The van der Waals surface area contributed by atoms with Gasteiger partial charge in [0.2, 0.25) is 0 Å². The van der Waals surface area contributed by atoms with Crippen molar-refractivity contribution in [3.63, 3.8) is 0 Å². The van der Waals surface area contributed by atoms with E-state index in [1.54, 1.807) is 12.1 Å². The highest BCUT2D eigenvalue weighted by Crippen LogP contribution is 2.24. The van der Waals surface area contributed by atoms with Gasteiger partial charge in [0.1, 0.15) is 11.8 Å². The van der Waals surface area contributed by atoms with E-state index in [2.05, 4.69) is 5.32 Å². The molecule has 0 saturated heterocycles. The summed E-state index contributed by atoms with van der Waals surface area (Å²) in [5.74, 6) is 0.0582. The first-order valence-corrected chi connectivity index (χ1v) is 6.09. The quantitative estimate of drug-likeness (QED) is 0.788. The summed E-state index contributed by atoms with van der Waals surface area (Å²) in [7, 11) is 1.38. The molecule has 1 unspecified atom stereocenters. The number of hydrogen-bond donors (Lipinski definition) is 2. The largest absolute Gasteiger partial charge is 0.508 e. The number of phenolic OH excluding ortho intramolecular Hbond substituents is 1. The van der Waals surface area contributed by atoms with Crippen LogP contribution in [-0.4, -0.2) is 24.2 Å². The number of carbonyl (C=O) groups is 1. The van der Waals surface area contributed by atoms with Gasteiger partial charge in [-0.3, -0.25) is 10.1 Å². The second-order valence-corrected chi connectivity index (χ2v) is 4.69. The highest BCUT2D eigenvalue weighted by Gasteiger charge is 2.25. The van der Waals surface area contributed by atoms with E-state index in [4.69, 9.17) is 4.74 Å². The maximum Gasteiger partial charge on any atom is 0.323 e. The molecule has 0 aliphatic rings. The fourth-order valence-electron chi connectivity index (χ4n) is 1.87. The van der Waals surface area contributed by atoms with Crippen molar-refractivity contribution in [3.05, 3.63) is 29.8 Å². The molecule has 1 rings (SSSR count). The maximum absolute atomic E-state index is 11.7. The summed E-state index contributed by atoms with van der Waals surface area (Å²) in [6.07, 6.45) is 0. The smallest absolute Gasteiger partial charge is 0.323 e. The van der Waals surface area contributed by atoms with Gasteiger partial charge < -0.3 is 9.84 Å².